The average molecular weight is 261 g/mol. The summed E-state index contributed by atoms with van der Waals surface area (Å²) >= 11 is 0. The van der Waals surface area contributed by atoms with Crippen LogP contribution in [-0.2, 0) is 4.74 Å². The molecule has 2 fully saturated rings. The van der Waals surface area contributed by atoms with Gasteiger partial charge in [-0.05, 0) is 31.9 Å². The Balaban J connectivity index is 1.84. The molecule has 1 aromatic rings. The summed E-state index contributed by atoms with van der Waals surface area (Å²) in [4.78, 5) is 0. The molecular formula is C16H23NO2. The van der Waals surface area contributed by atoms with Crippen LogP contribution in [0.3, 0.4) is 0 Å². The van der Waals surface area contributed by atoms with Crippen molar-refractivity contribution in [2.45, 2.75) is 46.3 Å². The Bertz CT molecular complexity index is 510. The van der Waals surface area contributed by atoms with E-state index in [0.29, 0.717) is 23.8 Å². The van der Waals surface area contributed by atoms with Crippen molar-refractivity contribution in [1.82, 2.24) is 0 Å². The van der Waals surface area contributed by atoms with Gasteiger partial charge in [-0.25, -0.2) is 0 Å². The third kappa shape index (κ3) is 1.75. The first-order valence-electron chi connectivity index (χ1n) is 7.10. The van der Waals surface area contributed by atoms with Crippen LogP contribution in [0.2, 0.25) is 0 Å². The summed E-state index contributed by atoms with van der Waals surface area (Å²) in [6, 6.07) is 4.48. The monoisotopic (exact) mass is 261 g/mol. The molecule has 104 valence electrons. The van der Waals surface area contributed by atoms with Gasteiger partial charge in [0.05, 0.1) is 6.10 Å². The molecule has 1 aliphatic heterocycles. The summed E-state index contributed by atoms with van der Waals surface area (Å²) < 4.78 is 5.82. The van der Waals surface area contributed by atoms with Crippen LogP contribution in [-0.4, -0.2) is 23.9 Å². The molecule has 1 saturated heterocycles. The Labute approximate surface area is 115 Å². The van der Waals surface area contributed by atoms with Gasteiger partial charge in [-0.15, -0.1) is 0 Å². The lowest BCUT2D eigenvalue weighted by Gasteiger charge is -2.55. The number of ether oxygens (including phenoxy) is 1. The van der Waals surface area contributed by atoms with Gasteiger partial charge in [0.2, 0.25) is 0 Å². The van der Waals surface area contributed by atoms with Gasteiger partial charge < -0.3 is 15.2 Å². The van der Waals surface area contributed by atoms with Crippen LogP contribution >= 0.6 is 0 Å². The molecule has 2 aliphatic rings. The number of hydrogen-bond acceptors (Lipinski definition) is 3. The van der Waals surface area contributed by atoms with E-state index in [4.69, 9.17) is 4.74 Å². The Morgan fingerprint density at radius 1 is 1.32 bits per heavy atom. The molecule has 19 heavy (non-hydrogen) atoms. The fraction of sp³-hybridized carbons (Fsp3) is 0.625. The van der Waals surface area contributed by atoms with Crippen molar-refractivity contribution in [2.75, 3.05) is 11.9 Å². The zero-order valence-electron chi connectivity index (χ0n) is 12.2. The largest absolute Gasteiger partial charge is 0.507 e. The molecule has 3 unspecified atom stereocenters. The first kappa shape index (κ1) is 12.8. The topological polar surface area (TPSA) is 41.5 Å². The second kappa shape index (κ2) is 4.14. The predicted molar refractivity (Wildman–Crippen MR) is 76.6 cm³/mol. The molecule has 2 N–H and O–H groups in total. The van der Waals surface area contributed by atoms with E-state index in [2.05, 4.69) is 25.2 Å². The molecule has 3 atom stereocenters. The Kier molecular flexibility index (Phi) is 2.79. The van der Waals surface area contributed by atoms with Gasteiger partial charge in [-0.1, -0.05) is 19.9 Å². The number of nitrogens with one attached hydrogen (secondary N) is 1. The quantitative estimate of drug-likeness (QED) is 0.858. The van der Waals surface area contributed by atoms with Crippen LogP contribution in [0.15, 0.2) is 12.1 Å². The zero-order valence-corrected chi connectivity index (χ0v) is 12.2. The van der Waals surface area contributed by atoms with Crippen molar-refractivity contribution in [2.24, 2.45) is 11.3 Å². The van der Waals surface area contributed by atoms with E-state index >= 15 is 0 Å². The maximum Gasteiger partial charge on any atom is 0.123 e. The van der Waals surface area contributed by atoms with E-state index in [-0.39, 0.29) is 5.41 Å². The van der Waals surface area contributed by atoms with Gasteiger partial charge in [0, 0.05) is 35.2 Å². The summed E-state index contributed by atoms with van der Waals surface area (Å²) in [5.74, 6) is 1.01. The summed E-state index contributed by atoms with van der Waals surface area (Å²) in [7, 11) is 0. The zero-order chi connectivity index (χ0) is 13.8. The van der Waals surface area contributed by atoms with Crippen molar-refractivity contribution in [1.29, 1.82) is 0 Å². The molecule has 0 spiro atoms. The fourth-order valence-corrected chi connectivity index (χ4v) is 3.78. The molecule has 1 aromatic carbocycles. The highest BCUT2D eigenvalue weighted by atomic mass is 16.5. The Morgan fingerprint density at radius 2 is 2.05 bits per heavy atom. The SMILES string of the molecule is Cc1ccc(NC2C3CCOC3C2(C)C)c(C)c1O. The molecule has 0 radical (unpaired) electrons. The third-order valence-corrected chi connectivity index (χ3v) is 5.04. The number of hydrogen-bond donors (Lipinski definition) is 2. The highest BCUT2D eigenvalue weighted by Crippen LogP contribution is 2.53. The number of phenols is 1. The average Bonchev–Trinajstić information content (AvgIpc) is 2.82. The number of fused-ring (bicyclic) bond motifs is 1. The Morgan fingerprint density at radius 3 is 2.79 bits per heavy atom. The molecule has 0 aromatic heterocycles. The summed E-state index contributed by atoms with van der Waals surface area (Å²) in [5.41, 5.74) is 3.08. The van der Waals surface area contributed by atoms with Crippen molar-refractivity contribution < 1.29 is 9.84 Å². The van der Waals surface area contributed by atoms with Crippen molar-refractivity contribution in [3.63, 3.8) is 0 Å². The molecule has 3 rings (SSSR count). The molecule has 1 aliphatic carbocycles. The van der Waals surface area contributed by atoms with E-state index in [0.717, 1.165) is 29.8 Å². The second-order valence-corrected chi connectivity index (χ2v) is 6.59. The number of phenolic OH excluding ortho intramolecular Hbond substituents is 1. The molecule has 3 nitrogen and oxygen atoms in total. The lowest BCUT2D eigenvalue weighted by molar-refractivity contribution is -0.0923. The minimum absolute atomic E-state index is 0.161. The molecule has 0 amide bonds. The van der Waals surface area contributed by atoms with Gasteiger partial charge in [-0.3, -0.25) is 0 Å². The van der Waals surface area contributed by atoms with Gasteiger partial charge in [0.15, 0.2) is 0 Å². The number of rotatable bonds is 2. The van der Waals surface area contributed by atoms with Gasteiger partial charge >= 0.3 is 0 Å². The minimum Gasteiger partial charge on any atom is -0.507 e. The van der Waals surface area contributed by atoms with Crippen LogP contribution < -0.4 is 5.32 Å². The number of aromatic hydroxyl groups is 1. The highest BCUT2D eigenvalue weighted by Gasteiger charge is 2.59. The molecule has 1 saturated carbocycles. The maximum atomic E-state index is 10.0. The maximum absolute atomic E-state index is 10.0. The van der Waals surface area contributed by atoms with Crippen molar-refractivity contribution >= 4 is 5.69 Å². The fourth-order valence-electron chi connectivity index (χ4n) is 3.78. The van der Waals surface area contributed by atoms with Crippen LogP contribution in [0.4, 0.5) is 5.69 Å². The van der Waals surface area contributed by atoms with Crippen molar-refractivity contribution in [3.8, 4) is 5.75 Å². The lowest BCUT2D eigenvalue weighted by atomic mass is 9.57. The van der Waals surface area contributed by atoms with Gasteiger partial charge in [-0.2, -0.15) is 0 Å². The smallest absolute Gasteiger partial charge is 0.123 e. The number of benzene rings is 1. The standard InChI is InChI=1S/C16H23NO2/c1-9-5-6-12(10(2)13(9)18)17-14-11-7-8-19-15(11)16(14,3)4/h5-6,11,14-15,17-18H,7-8H2,1-4H3. The number of anilines is 1. The molecular weight excluding hydrogens is 238 g/mol. The molecule has 0 bridgehead atoms. The number of aryl methyl sites for hydroxylation is 1. The lowest BCUT2D eigenvalue weighted by Crippen LogP contribution is -2.63. The molecule has 3 heteroatoms. The van der Waals surface area contributed by atoms with E-state index in [1.165, 1.54) is 0 Å². The van der Waals surface area contributed by atoms with E-state index in [1.807, 2.05) is 19.9 Å². The first-order chi connectivity index (χ1) is 8.93. The van der Waals surface area contributed by atoms with Crippen LogP contribution in [0.5, 0.6) is 5.75 Å². The van der Waals surface area contributed by atoms with Crippen LogP contribution in [0.1, 0.15) is 31.4 Å². The van der Waals surface area contributed by atoms with E-state index in [9.17, 15) is 5.11 Å². The van der Waals surface area contributed by atoms with Gasteiger partial charge in [0.1, 0.15) is 5.75 Å². The van der Waals surface area contributed by atoms with E-state index < -0.39 is 0 Å². The van der Waals surface area contributed by atoms with E-state index in [1.54, 1.807) is 0 Å². The molecule has 1 heterocycles. The van der Waals surface area contributed by atoms with Crippen LogP contribution in [0, 0.1) is 25.2 Å². The van der Waals surface area contributed by atoms with Crippen molar-refractivity contribution in [3.05, 3.63) is 23.3 Å². The summed E-state index contributed by atoms with van der Waals surface area (Å²) in [6.07, 6.45) is 1.53. The predicted octanol–water partition coefficient (Wildman–Crippen LogP) is 3.23. The minimum atomic E-state index is 0.161. The summed E-state index contributed by atoms with van der Waals surface area (Å²) in [5, 5.41) is 13.7. The normalized spacial score (nSPS) is 31.7. The third-order valence-electron chi connectivity index (χ3n) is 5.04. The second-order valence-electron chi connectivity index (χ2n) is 6.59. The summed E-state index contributed by atoms with van der Waals surface area (Å²) in [6.45, 7) is 9.31. The first-order valence-corrected chi connectivity index (χ1v) is 7.10. The Hall–Kier alpha value is -1.22. The van der Waals surface area contributed by atoms with Crippen LogP contribution in [0.25, 0.3) is 0 Å². The highest BCUT2D eigenvalue weighted by molar-refractivity contribution is 5.60. The van der Waals surface area contributed by atoms with Gasteiger partial charge in [0.25, 0.3) is 0 Å².